The van der Waals surface area contributed by atoms with Gasteiger partial charge in [-0.25, -0.2) is 0 Å². The highest BCUT2D eigenvalue weighted by Gasteiger charge is 2.21. The van der Waals surface area contributed by atoms with Crippen LogP contribution in [-0.4, -0.2) is 6.61 Å². The molecular weight excluding hydrogens is 176 g/mol. The number of ether oxygens (including phenoxy) is 1. The van der Waals surface area contributed by atoms with Crippen LogP contribution in [0.1, 0.15) is 12.8 Å². The molecule has 0 saturated heterocycles. The first-order chi connectivity index (χ1) is 6.92. The SMILES string of the molecule is c1cc2cocc2cc1OCC1CC1. The third-order valence-corrected chi connectivity index (χ3v) is 2.63. The van der Waals surface area contributed by atoms with Gasteiger partial charge in [-0.15, -0.1) is 0 Å². The fourth-order valence-electron chi connectivity index (χ4n) is 1.53. The van der Waals surface area contributed by atoms with Crippen LogP contribution in [0, 0.1) is 5.92 Å². The first kappa shape index (κ1) is 7.92. The maximum absolute atomic E-state index is 5.67. The van der Waals surface area contributed by atoms with Crippen molar-refractivity contribution in [1.82, 2.24) is 0 Å². The molecule has 0 unspecified atom stereocenters. The lowest BCUT2D eigenvalue weighted by atomic mass is 10.2. The predicted molar refractivity (Wildman–Crippen MR) is 54.4 cm³/mol. The van der Waals surface area contributed by atoms with E-state index in [0.29, 0.717) is 0 Å². The molecule has 1 heterocycles. The summed E-state index contributed by atoms with van der Waals surface area (Å²) in [6.07, 6.45) is 6.15. The van der Waals surface area contributed by atoms with Crippen LogP contribution in [0.2, 0.25) is 0 Å². The predicted octanol–water partition coefficient (Wildman–Crippen LogP) is 3.22. The summed E-state index contributed by atoms with van der Waals surface area (Å²) in [5.41, 5.74) is 0. The smallest absolute Gasteiger partial charge is 0.120 e. The fraction of sp³-hybridized carbons (Fsp3) is 0.333. The summed E-state index contributed by atoms with van der Waals surface area (Å²) in [6.45, 7) is 0.864. The molecule has 2 heteroatoms. The molecule has 1 aliphatic rings. The Morgan fingerprint density at radius 1 is 1.21 bits per heavy atom. The Kier molecular flexibility index (Phi) is 1.72. The van der Waals surface area contributed by atoms with Gasteiger partial charge in [0.2, 0.25) is 0 Å². The Labute approximate surface area is 82.5 Å². The number of rotatable bonds is 3. The van der Waals surface area contributed by atoms with Crippen LogP contribution < -0.4 is 4.74 Å². The first-order valence-electron chi connectivity index (χ1n) is 5.00. The van der Waals surface area contributed by atoms with Gasteiger partial charge in [0.25, 0.3) is 0 Å². The second-order valence-electron chi connectivity index (χ2n) is 3.92. The van der Waals surface area contributed by atoms with Crippen molar-refractivity contribution in [1.29, 1.82) is 0 Å². The minimum absolute atomic E-state index is 0.801. The van der Waals surface area contributed by atoms with Gasteiger partial charge in [-0.05, 0) is 37.0 Å². The number of benzene rings is 1. The van der Waals surface area contributed by atoms with Crippen molar-refractivity contribution in [2.45, 2.75) is 12.8 Å². The van der Waals surface area contributed by atoms with Crippen LogP contribution in [0.15, 0.2) is 35.1 Å². The first-order valence-corrected chi connectivity index (χ1v) is 5.00. The zero-order valence-corrected chi connectivity index (χ0v) is 7.90. The van der Waals surface area contributed by atoms with Gasteiger partial charge in [-0.3, -0.25) is 0 Å². The normalized spacial score (nSPS) is 16.0. The molecule has 1 fully saturated rings. The molecule has 3 rings (SSSR count). The van der Waals surface area contributed by atoms with Crippen molar-refractivity contribution in [3.05, 3.63) is 30.7 Å². The van der Waals surface area contributed by atoms with Gasteiger partial charge in [-0.1, -0.05) is 0 Å². The molecular formula is C12H12O2. The van der Waals surface area contributed by atoms with Crippen molar-refractivity contribution in [3.63, 3.8) is 0 Å². The van der Waals surface area contributed by atoms with Gasteiger partial charge >= 0.3 is 0 Å². The van der Waals surface area contributed by atoms with E-state index < -0.39 is 0 Å². The summed E-state index contributed by atoms with van der Waals surface area (Å²) in [6, 6.07) is 6.06. The largest absolute Gasteiger partial charge is 0.493 e. The van der Waals surface area contributed by atoms with Gasteiger partial charge < -0.3 is 9.15 Å². The molecule has 14 heavy (non-hydrogen) atoms. The Morgan fingerprint density at radius 3 is 2.93 bits per heavy atom. The summed E-state index contributed by atoms with van der Waals surface area (Å²) in [4.78, 5) is 0. The summed E-state index contributed by atoms with van der Waals surface area (Å²) in [5.74, 6) is 1.75. The highest BCUT2D eigenvalue weighted by Crippen LogP contribution is 2.30. The molecule has 0 aliphatic heterocycles. The van der Waals surface area contributed by atoms with Crippen molar-refractivity contribution >= 4 is 10.8 Å². The van der Waals surface area contributed by atoms with E-state index in [1.807, 2.05) is 18.2 Å². The van der Waals surface area contributed by atoms with E-state index in [2.05, 4.69) is 0 Å². The van der Waals surface area contributed by atoms with Crippen LogP contribution in [0.3, 0.4) is 0 Å². The topological polar surface area (TPSA) is 22.4 Å². The number of fused-ring (bicyclic) bond motifs is 1. The van der Waals surface area contributed by atoms with Gasteiger partial charge in [0.05, 0.1) is 19.1 Å². The van der Waals surface area contributed by atoms with Gasteiger partial charge in [0, 0.05) is 10.8 Å². The van der Waals surface area contributed by atoms with Crippen molar-refractivity contribution < 1.29 is 9.15 Å². The zero-order valence-electron chi connectivity index (χ0n) is 7.90. The summed E-state index contributed by atoms with van der Waals surface area (Å²) in [7, 11) is 0. The minimum Gasteiger partial charge on any atom is -0.493 e. The van der Waals surface area contributed by atoms with Crippen LogP contribution in [0.25, 0.3) is 10.8 Å². The van der Waals surface area contributed by atoms with E-state index in [1.165, 1.54) is 12.8 Å². The molecule has 72 valence electrons. The third kappa shape index (κ3) is 1.48. The lowest BCUT2D eigenvalue weighted by Crippen LogP contribution is -1.98. The van der Waals surface area contributed by atoms with Crippen LogP contribution in [-0.2, 0) is 0 Å². The highest BCUT2D eigenvalue weighted by atomic mass is 16.5. The van der Waals surface area contributed by atoms with Gasteiger partial charge in [-0.2, -0.15) is 0 Å². The van der Waals surface area contributed by atoms with Crippen LogP contribution in [0.4, 0.5) is 0 Å². The van der Waals surface area contributed by atoms with Crippen molar-refractivity contribution in [2.75, 3.05) is 6.61 Å². The maximum Gasteiger partial charge on any atom is 0.120 e. The van der Waals surface area contributed by atoms with E-state index in [9.17, 15) is 0 Å². The molecule has 0 atom stereocenters. The van der Waals surface area contributed by atoms with Crippen molar-refractivity contribution in [3.8, 4) is 5.75 Å². The van der Waals surface area contributed by atoms with E-state index in [4.69, 9.17) is 9.15 Å². The molecule has 0 radical (unpaired) electrons. The standard InChI is InChI=1S/C12H12O2/c1-2-9(1)6-14-12-4-3-10-7-13-8-11(10)5-12/h3-5,7-9H,1-2,6H2. The Balaban J connectivity index is 1.81. The number of furan rings is 1. The van der Waals surface area contributed by atoms with E-state index in [1.54, 1.807) is 12.5 Å². The summed E-state index contributed by atoms with van der Waals surface area (Å²) < 4.78 is 10.8. The molecule has 0 N–H and O–H groups in total. The molecule has 1 saturated carbocycles. The fourth-order valence-corrected chi connectivity index (χ4v) is 1.53. The van der Waals surface area contributed by atoms with Gasteiger partial charge in [0.1, 0.15) is 5.75 Å². The Bertz CT molecular complexity index is 440. The molecule has 2 aromatic rings. The van der Waals surface area contributed by atoms with E-state index in [-0.39, 0.29) is 0 Å². The average Bonchev–Trinajstić information content (AvgIpc) is 2.92. The average molecular weight is 188 g/mol. The third-order valence-electron chi connectivity index (χ3n) is 2.63. The summed E-state index contributed by atoms with van der Waals surface area (Å²) in [5, 5.41) is 2.24. The monoisotopic (exact) mass is 188 g/mol. The maximum atomic E-state index is 5.67. The summed E-state index contributed by atoms with van der Waals surface area (Å²) >= 11 is 0. The molecule has 1 aromatic heterocycles. The van der Waals surface area contributed by atoms with Gasteiger partial charge in [0.15, 0.2) is 0 Å². The quantitative estimate of drug-likeness (QED) is 0.737. The molecule has 1 aromatic carbocycles. The van der Waals surface area contributed by atoms with E-state index >= 15 is 0 Å². The van der Waals surface area contributed by atoms with Crippen LogP contribution in [0.5, 0.6) is 5.75 Å². The van der Waals surface area contributed by atoms with Crippen molar-refractivity contribution in [2.24, 2.45) is 5.92 Å². The molecule has 2 nitrogen and oxygen atoms in total. The second-order valence-corrected chi connectivity index (χ2v) is 3.92. The lowest BCUT2D eigenvalue weighted by Gasteiger charge is -2.04. The molecule has 0 spiro atoms. The Hall–Kier alpha value is -1.44. The highest BCUT2D eigenvalue weighted by molar-refractivity contribution is 5.82. The molecule has 0 amide bonds. The lowest BCUT2D eigenvalue weighted by molar-refractivity contribution is 0.300. The molecule has 0 bridgehead atoms. The number of hydrogen-bond donors (Lipinski definition) is 0. The van der Waals surface area contributed by atoms with Crippen LogP contribution >= 0.6 is 0 Å². The second kappa shape index (κ2) is 3.05. The molecule has 1 aliphatic carbocycles. The Morgan fingerprint density at radius 2 is 2.07 bits per heavy atom. The number of hydrogen-bond acceptors (Lipinski definition) is 2. The van der Waals surface area contributed by atoms with E-state index in [0.717, 1.165) is 29.0 Å². The zero-order chi connectivity index (χ0) is 9.38. The minimum atomic E-state index is 0.801.